The summed E-state index contributed by atoms with van der Waals surface area (Å²) in [6, 6.07) is 18.9. The van der Waals surface area contributed by atoms with E-state index in [9.17, 15) is 0 Å². The molecule has 27 heavy (non-hydrogen) atoms. The van der Waals surface area contributed by atoms with Crippen molar-refractivity contribution < 1.29 is 0 Å². The molecule has 0 saturated carbocycles. The lowest BCUT2D eigenvalue weighted by atomic mass is 9.87. The molecule has 0 bridgehead atoms. The molecule has 4 rings (SSSR count). The fourth-order valence-corrected chi connectivity index (χ4v) is 3.57. The van der Waals surface area contributed by atoms with Gasteiger partial charge in [-0.2, -0.15) is 0 Å². The van der Waals surface area contributed by atoms with Crippen molar-refractivity contribution in [3.05, 3.63) is 71.3 Å². The number of hydrogen-bond acceptors (Lipinski definition) is 1. The van der Waals surface area contributed by atoms with E-state index in [0.717, 1.165) is 11.4 Å². The van der Waals surface area contributed by atoms with Crippen LogP contribution < -0.4 is 10.6 Å². The van der Waals surface area contributed by atoms with Crippen LogP contribution in [-0.2, 0) is 5.41 Å². The van der Waals surface area contributed by atoms with E-state index in [1.54, 1.807) is 0 Å². The van der Waals surface area contributed by atoms with E-state index in [1.807, 2.05) is 24.1 Å². The highest BCUT2D eigenvalue weighted by Gasteiger charge is 2.17. The maximum Gasteiger partial charge on any atom is 0.200 e. The molecule has 0 aliphatic heterocycles. The van der Waals surface area contributed by atoms with Crippen molar-refractivity contribution in [3.63, 3.8) is 0 Å². The minimum atomic E-state index is 0.0810. The Hall–Kier alpha value is -3.07. The van der Waals surface area contributed by atoms with Crippen molar-refractivity contribution in [1.82, 2.24) is 0 Å². The van der Waals surface area contributed by atoms with Crippen LogP contribution in [-0.4, -0.2) is 13.0 Å². The van der Waals surface area contributed by atoms with E-state index in [0.29, 0.717) is 5.96 Å². The SMILES string of the molecule is CN(C(N)=Nc1cccc(C(C)(C)C)c1)c1ccc2cccc3c2c1C=C3. The van der Waals surface area contributed by atoms with Gasteiger partial charge in [0.25, 0.3) is 0 Å². The number of nitrogens with zero attached hydrogens (tertiary/aromatic N) is 2. The van der Waals surface area contributed by atoms with Gasteiger partial charge in [0.05, 0.1) is 11.4 Å². The average Bonchev–Trinajstić information content (AvgIpc) is 3.07. The van der Waals surface area contributed by atoms with Crippen molar-refractivity contribution in [2.24, 2.45) is 10.7 Å². The number of hydrogen-bond donors (Lipinski definition) is 1. The van der Waals surface area contributed by atoms with Crippen molar-refractivity contribution in [3.8, 4) is 0 Å². The first-order valence-electron chi connectivity index (χ1n) is 9.27. The third-order valence-electron chi connectivity index (χ3n) is 5.19. The molecule has 3 heteroatoms. The molecular formula is C24H25N3. The molecule has 0 fully saturated rings. The van der Waals surface area contributed by atoms with Gasteiger partial charge in [-0.3, -0.25) is 0 Å². The number of rotatable bonds is 2. The van der Waals surface area contributed by atoms with Crippen molar-refractivity contribution in [2.45, 2.75) is 26.2 Å². The highest BCUT2D eigenvalue weighted by molar-refractivity contribution is 6.11. The van der Waals surface area contributed by atoms with Crippen molar-refractivity contribution >= 4 is 40.3 Å². The molecule has 0 aromatic heterocycles. The monoisotopic (exact) mass is 355 g/mol. The van der Waals surface area contributed by atoms with Gasteiger partial charge < -0.3 is 10.6 Å². The minimum absolute atomic E-state index is 0.0810. The summed E-state index contributed by atoms with van der Waals surface area (Å²) in [5.74, 6) is 0.481. The Labute approximate surface area is 160 Å². The lowest BCUT2D eigenvalue weighted by Gasteiger charge is -2.22. The van der Waals surface area contributed by atoms with Gasteiger partial charge in [-0.05, 0) is 45.5 Å². The van der Waals surface area contributed by atoms with E-state index in [1.165, 1.54) is 27.5 Å². The van der Waals surface area contributed by atoms with Crippen LogP contribution in [0.1, 0.15) is 37.5 Å². The predicted molar refractivity (Wildman–Crippen MR) is 118 cm³/mol. The molecule has 0 heterocycles. The first-order valence-corrected chi connectivity index (χ1v) is 9.27. The zero-order valence-electron chi connectivity index (χ0n) is 16.3. The molecule has 0 spiro atoms. The van der Waals surface area contributed by atoms with Crippen LogP contribution in [0.5, 0.6) is 0 Å². The zero-order chi connectivity index (χ0) is 19.2. The highest BCUT2D eigenvalue weighted by Crippen LogP contribution is 2.37. The summed E-state index contributed by atoms with van der Waals surface area (Å²) in [6.45, 7) is 6.60. The molecule has 0 unspecified atom stereocenters. The topological polar surface area (TPSA) is 41.6 Å². The van der Waals surface area contributed by atoms with E-state index in [4.69, 9.17) is 5.73 Å². The van der Waals surface area contributed by atoms with Gasteiger partial charge in [0.1, 0.15) is 0 Å². The third-order valence-corrected chi connectivity index (χ3v) is 5.19. The van der Waals surface area contributed by atoms with Gasteiger partial charge >= 0.3 is 0 Å². The van der Waals surface area contributed by atoms with Crippen LogP contribution in [0.2, 0.25) is 0 Å². The highest BCUT2D eigenvalue weighted by atomic mass is 15.2. The van der Waals surface area contributed by atoms with Crippen LogP contribution in [0.3, 0.4) is 0 Å². The Morgan fingerprint density at radius 1 is 0.963 bits per heavy atom. The maximum absolute atomic E-state index is 6.38. The molecule has 3 nitrogen and oxygen atoms in total. The molecule has 1 aliphatic carbocycles. The lowest BCUT2D eigenvalue weighted by Crippen LogP contribution is -2.34. The summed E-state index contributed by atoms with van der Waals surface area (Å²) in [6.07, 6.45) is 4.33. The largest absolute Gasteiger partial charge is 0.369 e. The summed E-state index contributed by atoms with van der Waals surface area (Å²) in [4.78, 5) is 6.64. The molecule has 0 amide bonds. The third kappa shape index (κ3) is 3.10. The number of guanidine groups is 1. The minimum Gasteiger partial charge on any atom is -0.369 e. The Morgan fingerprint density at radius 2 is 1.74 bits per heavy atom. The van der Waals surface area contributed by atoms with Crippen LogP contribution in [0.4, 0.5) is 11.4 Å². The van der Waals surface area contributed by atoms with Crippen LogP contribution >= 0.6 is 0 Å². The summed E-state index contributed by atoms with van der Waals surface area (Å²) in [7, 11) is 1.97. The lowest BCUT2D eigenvalue weighted by molar-refractivity contribution is 0.590. The Morgan fingerprint density at radius 3 is 2.52 bits per heavy atom. The maximum atomic E-state index is 6.38. The Balaban J connectivity index is 1.72. The van der Waals surface area contributed by atoms with E-state index in [2.05, 4.69) is 80.4 Å². The summed E-state index contributed by atoms with van der Waals surface area (Å²) in [5, 5.41) is 2.53. The number of nitrogens with two attached hydrogens (primary N) is 1. The van der Waals surface area contributed by atoms with Gasteiger partial charge in [0, 0.05) is 12.6 Å². The van der Waals surface area contributed by atoms with Crippen LogP contribution in [0, 0.1) is 0 Å². The molecule has 0 saturated heterocycles. The molecule has 2 N–H and O–H groups in total. The normalized spacial score (nSPS) is 13.4. The number of anilines is 1. The van der Waals surface area contributed by atoms with Crippen molar-refractivity contribution in [1.29, 1.82) is 0 Å². The van der Waals surface area contributed by atoms with Crippen molar-refractivity contribution in [2.75, 3.05) is 11.9 Å². The molecule has 136 valence electrons. The fourth-order valence-electron chi connectivity index (χ4n) is 3.57. The molecule has 0 radical (unpaired) electrons. The van der Waals surface area contributed by atoms with Gasteiger partial charge in [-0.1, -0.05) is 69.3 Å². The number of benzene rings is 3. The van der Waals surface area contributed by atoms with Gasteiger partial charge in [0.2, 0.25) is 5.96 Å². The Kier molecular flexibility index (Phi) is 4.03. The second-order valence-corrected chi connectivity index (χ2v) is 8.11. The summed E-state index contributed by atoms with van der Waals surface area (Å²) >= 11 is 0. The molecule has 3 aromatic rings. The van der Waals surface area contributed by atoms with Crippen LogP contribution in [0.25, 0.3) is 22.9 Å². The van der Waals surface area contributed by atoms with Crippen LogP contribution in [0.15, 0.2) is 59.6 Å². The van der Waals surface area contributed by atoms with E-state index < -0.39 is 0 Å². The van der Waals surface area contributed by atoms with Gasteiger partial charge in [0.15, 0.2) is 0 Å². The molecule has 0 atom stereocenters. The summed E-state index contributed by atoms with van der Waals surface area (Å²) in [5.41, 5.74) is 12.1. The standard InChI is InChI=1S/C24H25N3/c1-24(2,3)18-9-6-10-19(15-18)26-23(25)27(4)21-14-12-17-8-5-7-16-11-13-20(21)22(16)17/h5-15H,1-4H3,(H2,25,26). The summed E-state index contributed by atoms with van der Waals surface area (Å²) < 4.78 is 0. The van der Waals surface area contributed by atoms with Gasteiger partial charge in [-0.15, -0.1) is 0 Å². The van der Waals surface area contributed by atoms with Gasteiger partial charge in [-0.25, -0.2) is 4.99 Å². The Bertz CT molecular complexity index is 1080. The van der Waals surface area contributed by atoms with E-state index in [-0.39, 0.29) is 5.41 Å². The smallest absolute Gasteiger partial charge is 0.200 e. The first kappa shape index (κ1) is 17.3. The quantitative estimate of drug-likeness (QED) is 0.370. The fraction of sp³-hybridized carbons (Fsp3) is 0.208. The molecule has 3 aromatic carbocycles. The zero-order valence-corrected chi connectivity index (χ0v) is 16.3. The second kappa shape index (κ2) is 6.27. The predicted octanol–water partition coefficient (Wildman–Crippen LogP) is 5.70. The first-order chi connectivity index (χ1) is 12.8. The van der Waals surface area contributed by atoms with E-state index >= 15 is 0 Å². The second-order valence-electron chi connectivity index (χ2n) is 8.11. The molecule has 1 aliphatic rings. The average molecular weight is 355 g/mol. The molecular weight excluding hydrogens is 330 g/mol. The number of aliphatic imine (C=N–C) groups is 1.